The molecule has 0 saturated heterocycles. The predicted octanol–water partition coefficient (Wildman–Crippen LogP) is 2.00. The van der Waals surface area contributed by atoms with Gasteiger partial charge in [-0.15, -0.1) is 0 Å². The van der Waals surface area contributed by atoms with Crippen molar-refractivity contribution in [2.24, 2.45) is 0 Å². The predicted molar refractivity (Wildman–Crippen MR) is 55.4 cm³/mol. The zero-order chi connectivity index (χ0) is 11.1. The smallest absolute Gasteiger partial charge is 0.410 e. The zero-order valence-corrected chi connectivity index (χ0v) is 8.49. The van der Waals surface area contributed by atoms with Gasteiger partial charge in [-0.25, -0.2) is 4.79 Å². The van der Waals surface area contributed by atoms with Crippen LogP contribution in [0.5, 0.6) is 5.75 Å². The Morgan fingerprint density at radius 3 is 2.93 bits per heavy atom. The molecule has 1 N–H and O–H groups in total. The van der Waals surface area contributed by atoms with Crippen molar-refractivity contribution in [2.75, 3.05) is 6.54 Å². The lowest BCUT2D eigenvalue weighted by Crippen LogP contribution is -2.27. The molecule has 1 rings (SSSR count). The van der Waals surface area contributed by atoms with E-state index in [4.69, 9.17) is 10.00 Å². The van der Waals surface area contributed by atoms with Crippen LogP contribution in [0.3, 0.4) is 0 Å². The number of hydrogen-bond donors (Lipinski definition) is 1. The number of para-hydroxylation sites is 1. The fourth-order valence-electron chi connectivity index (χ4n) is 1.03. The number of amides is 1. The highest BCUT2D eigenvalue weighted by Gasteiger charge is 2.04. The average Bonchev–Trinajstić information content (AvgIpc) is 2.22. The van der Waals surface area contributed by atoms with E-state index in [2.05, 4.69) is 5.32 Å². The first-order valence-corrected chi connectivity index (χ1v) is 4.62. The molecule has 0 aromatic heterocycles. The van der Waals surface area contributed by atoms with Gasteiger partial charge in [0.15, 0.2) is 0 Å². The Morgan fingerprint density at radius 2 is 2.27 bits per heavy atom. The Labute approximate surface area is 88.5 Å². The lowest BCUT2D eigenvalue weighted by Gasteiger charge is -2.06. The van der Waals surface area contributed by atoms with Gasteiger partial charge in [-0.2, -0.15) is 5.26 Å². The minimum atomic E-state index is -0.528. The molecular weight excluding hydrogens is 192 g/mol. The van der Waals surface area contributed by atoms with Crippen molar-refractivity contribution in [3.8, 4) is 11.8 Å². The highest BCUT2D eigenvalue weighted by atomic mass is 16.6. The summed E-state index contributed by atoms with van der Waals surface area (Å²) in [4.78, 5) is 11.2. The van der Waals surface area contributed by atoms with Gasteiger partial charge in [-0.05, 0) is 18.6 Å². The van der Waals surface area contributed by atoms with E-state index < -0.39 is 6.09 Å². The van der Waals surface area contributed by atoms with Crippen molar-refractivity contribution in [2.45, 2.75) is 13.3 Å². The molecule has 0 aliphatic rings. The molecule has 1 aromatic rings. The van der Waals surface area contributed by atoms with Gasteiger partial charge in [0.1, 0.15) is 5.75 Å². The van der Waals surface area contributed by atoms with Crippen molar-refractivity contribution in [1.29, 1.82) is 5.26 Å². The SMILES string of the molecule is Cc1ccccc1OC(=O)NCCC#N. The molecule has 0 heterocycles. The first-order valence-electron chi connectivity index (χ1n) is 4.62. The summed E-state index contributed by atoms with van der Waals surface area (Å²) in [6.07, 6.45) is -0.248. The van der Waals surface area contributed by atoms with Gasteiger partial charge >= 0.3 is 6.09 Å². The van der Waals surface area contributed by atoms with Crippen LogP contribution in [0, 0.1) is 18.3 Å². The van der Waals surface area contributed by atoms with E-state index in [0.29, 0.717) is 12.3 Å². The van der Waals surface area contributed by atoms with Crippen molar-refractivity contribution >= 4 is 6.09 Å². The van der Waals surface area contributed by atoms with E-state index >= 15 is 0 Å². The Morgan fingerprint density at radius 1 is 1.53 bits per heavy atom. The molecule has 1 amide bonds. The fourth-order valence-corrected chi connectivity index (χ4v) is 1.03. The van der Waals surface area contributed by atoms with Gasteiger partial charge in [0.05, 0.1) is 12.5 Å². The molecule has 0 atom stereocenters. The highest BCUT2D eigenvalue weighted by molar-refractivity contribution is 5.70. The molecule has 4 nitrogen and oxygen atoms in total. The Bertz CT molecular complexity index is 382. The molecule has 15 heavy (non-hydrogen) atoms. The van der Waals surface area contributed by atoms with Crippen LogP contribution in [-0.2, 0) is 0 Å². The number of ether oxygens (including phenoxy) is 1. The number of hydrogen-bond acceptors (Lipinski definition) is 3. The van der Waals surface area contributed by atoms with Crippen LogP contribution in [0.1, 0.15) is 12.0 Å². The minimum Gasteiger partial charge on any atom is -0.410 e. The van der Waals surface area contributed by atoms with E-state index in [1.165, 1.54) is 0 Å². The van der Waals surface area contributed by atoms with E-state index in [1.807, 2.05) is 25.1 Å². The third-order valence-corrected chi connectivity index (χ3v) is 1.80. The highest BCUT2D eigenvalue weighted by Crippen LogP contribution is 2.15. The molecule has 0 saturated carbocycles. The molecule has 0 bridgehead atoms. The van der Waals surface area contributed by atoms with Gasteiger partial charge in [-0.1, -0.05) is 18.2 Å². The van der Waals surface area contributed by atoms with Gasteiger partial charge < -0.3 is 10.1 Å². The van der Waals surface area contributed by atoms with Crippen LogP contribution < -0.4 is 10.1 Å². The zero-order valence-electron chi connectivity index (χ0n) is 8.49. The minimum absolute atomic E-state index is 0.281. The Balaban J connectivity index is 2.45. The third-order valence-electron chi connectivity index (χ3n) is 1.80. The number of carbonyl (C=O) groups excluding carboxylic acids is 1. The summed E-state index contributed by atoms with van der Waals surface area (Å²) < 4.78 is 5.03. The molecule has 0 fully saturated rings. The first-order chi connectivity index (χ1) is 7.24. The summed E-state index contributed by atoms with van der Waals surface area (Å²) >= 11 is 0. The number of nitriles is 1. The van der Waals surface area contributed by atoms with Gasteiger partial charge in [0, 0.05) is 6.54 Å². The van der Waals surface area contributed by atoms with Crippen LogP contribution in [-0.4, -0.2) is 12.6 Å². The maximum absolute atomic E-state index is 11.2. The van der Waals surface area contributed by atoms with Crippen LogP contribution in [0.2, 0.25) is 0 Å². The summed E-state index contributed by atoms with van der Waals surface area (Å²) in [6, 6.07) is 9.18. The van der Waals surface area contributed by atoms with Crippen molar-refractivity contribution in [3.05, 3.63) is 29.8 Å². The normalized spacial score (nSPS) is 9.07. The number of nitrogens with one attached hydrogen (secondary N) is 1. The Kier molecular flexibility index (Phi) is 4.17. The van der Waals surface area contributed by atoms with E-state index in [9.17, 15) is 4.79 Å². The second-order valence-corrected chi connectivity index (χ2v) is 2.99. The number of benzene rings is 1. The molecule has 0 radical (unpaired) electrons. The van der Waals surface area contributed by atoms with E-state index in [-0.39, 0.29) is 6.42 Å². The molecule has 78 valence electrons. The molecular formula is C11H12N2O2. The maximum atomic E-state index is 11.2. The monoisotopic (exact) mass is 204 g/mol. The quantitative estimate of drug-likeness (QED) is 0.766. The first kappa shape index (κ1) is 11.1. The van der Waals surface area contributed by atoms with Crippen LogP contribution in [0.25, 0.3) is 0 Å². The van der Waals surface area contributed by atoms with Gasteiger partial charge in [0.2, 0.25) is 0 Å². The van der Waals surface area contributed by atoms with Gasteiger partial charge in [0.25, 0.3) is 0 Å². The number of nitrogens with zero attached hydrogens (tertiary/aromatic N) is 1. The number of aryl methyl sites for hydroxylation is 1. The lowest BCUT2D eigenvalue weighted by molar-refractivity contribution is 0.200. The summed E-state index contributed by atoms with van der Waals surface area (Å²) in [6.45, 7) is 2.17. The lowest BCUT2D eigenvalue weighted by atomic mass is 10.2. The maximum Gasteiger partial charge on any atom is 0.412 e. The fraction of sp³-hybridized carbons (Fsp3) is 0.273. The third kappa shape index (κ3) is 3.69. The summed E-state index contributed by atoms with van der Waals surface area (Å²) in [5, 5.41) is 10.7. The molecule has 0 aliphatic heterocycles. The van der Waals surface area contributed by atoms with Crippen LogP contribution in [0.4, 0.5) is 4.79 Å². The molecule has 1 aromatic carbocycles. The second kappa shape index (κ2) is 5.66. The van der Waals surface area contributed by atoms with Crippen LogP contribution >= 0.6 is 0 Å². The molecule has 0 aliphatic carbocycles. The Hall–Kier alpha value is -2.02. The summed E-state index contributed by atoms with van der Waals surface area (Å²) in [5.74, 6) is 0.534. The number of rotatable bonds is 3. The van der Waals surface area contributed by atoms with E-state index in [1.54, 1.807) is 12.1 Å². The standard InChI is InChI=1S/C11H12N2O2/c1-9-5-2-3-6-10(9)15-11(14)13-8-4-7-12/h2-3,5-6H,4,8H2,1H3,(H,13,14). The average molecular weight is 204 g/mol. The van der Waals surface area contributed by atoms with Gasteiger partial charge in [-0.3, -0.25) is 0 Å². The second-order valence-electron chi connectivity index (χ2n) is 2.99. The summed E-state index contributed by atoms with van der Waals surface area (Å²) in [7, 11) is 0. The topological polar surface area (TPSA) is 62.1 Å². The molecule has 4 heteroatoms. The van der Waals surface area contributed by atoms with Crippen molar-refractivity contribution in [3.63, 3.8) is 0 Å². The van der Waals surface area contributed by atoms with Crippen LogP contribution in [0.15, 0.2) is 24.3 Å². The summed E-state index contributed by atoms with van der Waals surface area (Å²) in [5.41, 5.74) is 0.896. The molecule has 0 spiro atoms. The number of carbonyl (C=O) groups is 1. The van der Waals surface area contributed by atoms with Crippen molar-refractivity contribution in [1.82, 2.24) is 5.32 Å². The van der Waals surface area contributed by atoms with E-state index in [0.717, 1.165) is 5.56 Å². The molecule has 0 unspecified atom stereocenters. The van der Waals surface area contributed by atoms with Crippen molar-refractivity contribution < 1.29 is 9.53 Å². The largest absolute Gasteiger partial charge is 0.412 e.